The summed E-state index contributed by atoms with van der Waals surface area (Å²) in [5, 5.41) is 6.42. The lowest BCUT2D eigenvalue weighted by Crippen LogP contribution is -2.32. The topological polar surface area (TPSA) is 75.0 Å². The fourth-order valence-corrected chi connectivity index (χ4v) is 2.70. The van der Waals surface area contributed by atoms with Gasteiger partial charge in [-0.3, -0.25) is 9.89 Å². The maximum Gasteiger partial charge on any atom is 0.259 e. The summed E-state index contributed by atoms with van der Waals surface area (Å²) in [6, 6.07) is 0. The van der Waals surface area contributed by atoms with Gasteiger partial charge in [0.25, 0.3) is 5.91 Å². The third-order valence-electron chi connectivity index (χ3n) is 3.73. The molecule has 5 nitrogen and oxygen atoms in total. The zero-order valence-corrected chi connectivity index (χ0v) is 11.0. The summed E-state index contributed by atoms with van der Waals surface area (Å²) >= 11 is 0. The van der Waals surface area contributed by atoms with Gasteiger partial charge in [-0.2, -0.15) is 5.10 Å². The number of H-pyrrole nitrogens is 1. The van der Waals surface area contributed by atoms with Crippen LogP contribution in [0.25, 0.3) is 0 Å². The Kier molecular flexibility index (Phi) is 4.23. The Morgan fingerprint density at radius 2 is 2.39 bits per heavy atom. The maximum atomic E-state index is 12.3. The minimum atomic E-state index is 0.0124. The van der Waals surface area contributed by atoms with Crippen LogP contribution in [0, 0.1) is 5.92 Å². The van der Waals surface area contributed by atoms with Crippen LogP contribution in [-0.2, 0) is 0 Å². The third-order valence-corrected chi connectivity index (χ3v) is 3.73. The Morgan fingerprint density at radius 1 is 1.56 bits per heavy atom. The number of carbonyl (C=O) groups is 1. The molecule has 100 valence electrons. The van der Waals surface area contributed by atoms with Crippen molar-refractivity contribution in [2.24, 2.45) is 5.92 Å². The van der Waals surface area contributed by atoms with E-state index in [9.17, 15) is 4.79 Å². The van der Waals surface area contributed by atoms with E-state index in [2.05, 4.69) is 17.1 Å². The highest BCUT2D eigenvalue weighted by molar-refractivity contribution is 5.98. The Bertz CT molecular complexity index is 401. The van der Waals surface area contributed by atoms with Crippen molar-refractivity contribution in [3.05, 3.63) is 11.8 Å². The predicted molar refractivity (Wildman–Crippen MR) is 71.2 cm³/mol. The van der Waals surface area contributed by atoms with Gasteiger partial charge in [0, 0.05) is 13.1 Å². The first-order valence-corrected chi connectivity index (χ1v) is 6.80. The van der Waals surface area contributed by atoms with E-state index in [4.69, 9.17) is 5.73 Å². The smallest absolute Gasteiger partial charge is 0.259 e. The van der Waals surface area contributed by atoms with Crippen molar-refractivity contribution in [3.63, 3.8) is 0 Å². The fourth-order valence-electron chi connectivity index (χ4n) is 2.70. The summed E-state index contributed by atoms with van der Waals surface area (Å²) in [5.41, 5.74) is 6.20. The van der Waals surface area contributed by atoms with Gasteiger partial charge in [0.05, 0.1) is 6.20 Å². The average Bonchev–Trinajstić information content (AvgIpc) is 2.64. The molecule has 0 spiro atoms. The fraction of sp³-hybridized carbons (Fsp3) is 0.692. The van der Waals surface area contributed by atoms with Crippen LogP contribution in [0.3, 0.4) is 0 Å². The van der Waals surface area contributed by atoms with E-state index in [1.807, 2.05) is 4.90 Å². The zero-order valence-electron chi connectivity index (χ0n) is 11.0. The van der Waals surface area contributed by atoms with Crippen LogP contribution in [0.15, 0.2) is 6.20 Å². The SMILES string of the molecule is CCCC1CCCN(C(=O)c2cn[nH]c2N)CC1. The molecule has 0 bridgehead atoms. The molecule has 2 heterocycles. The Labute approximate surface area is 108 Å². The molecule has 5 heteroatoms. The molecule has 3 N–H and O–H groups in total. The van der Waals surface area contributed by atoms with Crippen LogP contribution < -0.4 is 5.73 Å². The highest BCUT2D eigenvalue weighted by Gasteiger charge is 2.23. The molecule has 0 aliphatic carbocycles. The van der Waals surface area contributed by atoms with Gasteiger partial charge < -0.3 is 10.6 Å². The number of likely N-dealkylation sites (tertiary alicyclic amines) is 1. The number of amides is 1. The van der Waals surface area contributed by atoms with Crippen molar-refractivity contribution < 1.29 is 4.79 Å². The summed E-state index contributed by atoms with van der Waals surface area (Å²) < 4.78 is 0. The van der Waals surface area contributed by atoms with E-state index in [0.29, 0.717) is 11.4 Å². The van der Waals surface area contributed by atoms with Gasteiger partial charge in [-0.1, -0.05) is 19.8 Å². The lowest BCUT2D eigenvalue weighted by molar-refractivity contribution is 0.0761. The second-order valence-electron chi connectivity index (χ2n) is 5.08. The molecule has 1 amide bonds. The molecule has 0 saturated carbocycles. The zero-order chi connectivity index (χ0) is 13.0. The van der Waals surface area contributed by atoms with E-state index in [1.165, 1.54) is 25.5 Å². The Hall–Kier alpha value is -1.52. The number of anilines is 1. The van der Waals surface area contributed by atoms with Crippen LogP contribution in [0.4, 0.5) is 5.82 Å². The second-order valence-corrected chi connectivity index (χ2v) is 5.08. The highest BCUT2D eigenvalue weighted by atomic mass is 16.2. The molecule has 1 atom stereocenters. The molecular formula is C13H22N4O. The number of nitrogens with two attached hydrogens (primary N) is 1. The molecule has 1 aromatic heterocycles. The Balaban J connectivity index is 1.98. The minimum absolute atomic E-state index is 0.0124. The first-order chi connectivity index (χ1) is 8.72. The number of carbonyl (C=O) groups excluding carboxylic acids is 1. The molecule has 1 aromatic rings. The van der Waals surface area contributed by atoms with Gasteiger partial charge >= 0.3 is 0 Å². The van der Waals surface area contributed by atoms with Gasteiger partial charge in [0.15, 0.2) is 0 Å². The highest BCUT2D eigenvalue weighted by Crippen LogP contribution is 2.23. The summed E-state index contributed by atoms with van der Waals surface area (Å²) in [6.07, 6.45) is 7.46. The minimum Gasteiger partial charge on any atom is -0.383 e. The quantitative estimate of drug-likeness (QED) is 0.862. The molecule has 1 unspecified atom stereocenters. The molecule has 1 aliphatic rings. The number of rotatable bonds is 3. The lowest BCUT2D eigenvalue weighted by Gasteiger charge is -2.20. The first-order valence-electron chi connectivity index (χ1n) is 6.80. The van der Waals surface area contributed by atoms with Crippen LogP contribution in [0.5, 0.6) is 0 Å². The van der Waals surface area contributed by atoms with Crippen LogP contribution >= 0.6 is 0 Å². The van der Waals surface area contributed by atoms with Crippen molar-refractivity contribution in [1.82, 2.24) is 15.1 Å². The normalized spacial score (nSPS) is 20.7. The lowest BCUT2D eigenvalue weighted by atomic mass is 9.96. The van der Waals surface area contributed by atoms with Gasteiger partial charge in [-0.05, 0) is 25.2 Å². The molecule has 1 fully saturated rings. The van der Waals surface area contributed by atoms with Crippen molar-refractivity contribution in [2.75, 3.05) is 18.8 Å². The third kappa shape index (κ3) is 2.83. The van der Waals surface area contributed by atoms with E-state index < -0.39 is 0 Å². The standard InChI is InChI=1S/C13H22N4O/c1-2-4-10-5-3-7-17(8-6-10)13(18)11-9-15-16-12(11)14/h9-10H,2-8H2,1H3,(H3,14,15,16). The summed E-state index contributed by atoms with van der Waals surface area (Å²) in [5.74, 6) is 1.15. The molecule has 18 heavy (non-hydrogen) atoms. The monoisotopic (exact) mass is 250 g/mol. The summed E-state index contributed by atoms with van der Waals surface area (Å²) in [4.78, 5) is 14.2. The molecule has 2 rings (SSSR count). The van der Waals surface area contributed by atoms with Gasteiger partial charge in [0.2, 0.25) is 0 Å². The number of aromatic nitrogens is 2. The molecule has 1 saturated heterocycles. The van der Waals surface area contributed by atoms with Crippen molar-refractivity contribution in [1.29, 1.82) is 0 Å². The van der Waals surface area contributed by atoms with Crippen molar-refractivity contribution >= 4 is 11.7 Å². The maximum absolute atomic E-state index is 12.3. The van der Waals surface area contributed by atoms with E-state index in [1.54, 1.807) is 0 Å². The number of nitrogen functional groups attached to an aromatic ring is 1. The number of nitrogens with one attached hydrogen (secondary N) is 1. The number of hydrogen-bond acceptors (Lipinski definition) is 3. The Morgan fingerprint density at radius 3 is 3.06 bits per heavy atom. The van der Waals surface area contributed by atoms with E-state index in [-0.39, 0.29) is 5.91 Å². The first kappa shape index (κ1) is 12.9. The van der Waals surface area contributed by atoms with E-state index in [0.717, 1.165) is 31.8 Å². The van der Waals surface area contributed by atoms with Crippen molar-refractivity contribution in [2.45, 2.75) is 39.0 Å². The van der Waals surface area contributed by atoms with Gasteiger partial charge in [-0.25, -0.2) is 0 Å². The summed E-state index contributed by atoms with van der Waals surface area (Å²) in [6.45, 7) is 3.90. The number of aromatic amines is 1. The van der Waals surface area contributed by atoms with Gasteiger partial charge in [0.1, 0.15) is 11.4 Å². The molecule has 1 aliphatic heterocycles. The van der Waals surface area contributed by atoms with Crippen molar-refractivity contribution in [3.8, 4) is 0 Å². The average molecular weight is 250 g/mol. The largest absolute Gasteiger partial charge is 0.383 e. The van der Waals surface area contributed by atoms with Crippen LogP contribution in [-0.4, -0.2) is 34.1 Å². The molecule has 0 aromatic carbocycles. The summed E-state index contributed by atoms with van der Waals surface area (Å²) in [7, 11) is 0. The second kappa shape index (κ2) is 5.89. The molecular weight excluding hydrogens is 228 g/mol. The molecule has 0 radical (unpaired) electrons. The number of hydrogen-bond donors (Lipinski definition) is 2. The van der Waals surface area contributed by atoms with Gasteiger partial charge in [-0.15, -0.1) is 0 Å². The predicted octanol–water partition coefficient (Wildman–Crippen LogP) is 2.03. The van der Waals surface area contributed by atoms with Crippen LogP contribution in [0.2, 0.25) is 0 Å². The van der Waals surface area contributed by atoms with Crippen LogP contribution in [0.1, 0.15) is 49.4 Å². The number of nitrogens with zero attached hydrogens (tertiary/aromatic N) is 2. The van der Waals surface area contributed by atoms with E-state index >= 15 is 0 Å².